The van der Waals surface area contributed by atoms with Gasteiger partial charge in [0, 0.05) is 0 Å². The minimum absolute atomic E-state index is 1.20. The molecule has 0 aromatic heterocycles. The first-order valence-corrected chi connectivity index (χ1v) is 3.44. The fourth-order valence-corrected chi connectivity index (χ4v) is 0.686. The maximum absolute atomic E-state index is 9.60. The van der Waals surface area contributed by atoms with Crippen LogP contribution in [0.3, 0.4) is 0 Å². The van der Waals surface area contributed by atoms with Crippen molar-refractivity contribution in [2.24, 2.45) is 0 Å². The van der Waals surface area contributed by atoms with E-state index >= 15 is 0 Å². The molecule has 7 heavy (non-hydrogen) atoms. The van der Waals surface area contributed by atoms with E-state index in [4.69, 9.17) is 28.1 Å². The molecule has 0 spiro atoms. The Hall–Kier alpha value is 0.730. The Balaban J connectivity index is 3.13. The summed E-state index contributed by atoms with van der Waals surface area (Å²) in [5.41, 5.74) is 0. The second kappa shape index (κ2) is 3.70. The zero-order valence-corrected chi connectivity index (χ0v) is 5.61. The predicted molar refractivity (Wildman–Crippen MR) is 27.8 cm³/mol. The van der Waals surface area contributed by atoms with Crippen LogP contribution in [0.15, 0.2) is 0 Å². The quantitative estimate of drug-likeness (QED) is 0.492. The van der Waals surface area contributed by atoms with Gasteiger partial charge in [0.05, 0.1) is 0 Å². The van der Waals surface area contributed by atoms with Crippen LogP contribution in [0.25, 0.3) is 0 Å². The minimum atomic E-state index is -2.95. The molecule has 3 nitrogen and oxygen atoms in total. The van der Waals surface area contributed by atoms with Gasteiger partial charge in [0.15, 0.2) is 0 Å². The molecule has 1 unspecified atom stereocenters. The molecule has 0 aliphatic rings. The topological polar surface area (TPSA) is 46.5 Å². The van der Waals surface area contributed by atoms with E-state index in [0.717, 1.165) is 0 Å². The predicted octanol–water partition coefficient (Wildman–Crippen LogP) is 1.15. The van der Waals surface area contributed by atoms with Gasteiger partial charge < -0.3 is 4.89 Å². The highest BCUT2D eigenvalue weighted by Gasteiger charge is 1.98. The van der Waals surface area contributed by atoms with Crippen molar-refractivity contribution in [3.63, 3.8) is 0 Å². The van der Waals surface area contributed by atoms with E-state index in [1.165, 1.54) is 0 Å². The van der Waals surface area contributed by atoms with Crippen LogP contribution in [0.1, 0.15) is 0 Å². The molecular formula is CH3Cl2O3P. The lowest BCUT2D eigenvalue weighted by atomic mass is 11.7. The molecule has 0 saturated carbocycles. The highest BCUT2D eigenvalue weighted by molar-refractivity contribution is 7.32. The Labute approximate surface area is 51.1 Å². The monoisotopic (exact) mass is 164 g/mol. The first-order chi connectivity index (χ1) is 3.13. The van der Waals surface area contributed by atoms with Crippen LogP contribution in [0.2, 0.25) is 0 Å². The summed E-state index contributed by atoms with van der Waals surface area (Å²) in [6.07, 6.45) is 0. The molecule has 0 aliphatic carbocycles. The third-order valence-corrected chi connectivity index (χ3v) is 1.10. The molecule has 44 valence electrons. The molecular weight excluding hydrogens is 162 g/mol. The largest absolute Gasteiger partial charge is 0.326 e. The summed E-state index contributed by atoms with van der Waals surface area (Å²) in [7, 11) is -2.95. The first-order valence-electron chi connectivity index (χ1n) is 1.30. The molecule has 0 rings (SSSR count). The van der Waals surface area contributed by atoms with Crippen LogP contribution >= 0.6 is 31.5 Å². The second-order valence-electron chi connectivity index (χ2n) is 0.644. The fraction of sp³-hybridized carbons (Fsp3) is 1.00. The van der Waals surface area contributed by atoms with E-state index in [9.17, 15) is 4.57 Å². The highest BCUT2D eigenvalue weighted by atomic mass is 35.5. The van der Waals surface area contributed by atoms with E-state index < -0.39 is 13.3 Å². The lowest BCUT2D eigenvalue weighted by Crippen LogP contribution is -1.83. The van der Waals surface area contributed by atoms with Gasteiger partial charge in [0.2, 0.25) is 5.02 Å². The van der Waals surface area contributed by atoms with Gasteiger partial charge in [-0.1, -0.05) is 23.2 Å². The zero-order chi connectivity index (χ0) is 5.86. The van der Waals surface area contributed by atoms with Crippen molar-refractivity contribution in [1.29, 1.82) is 0 Å². The summed E-state index contributed by atoms with van der Waals surface area (Å²) >= 11 is 9.76. The van der Waals surface area contributed by atoms with Gasteiger partial charge in [-0.2, -0.15) is 0 Å². The summed E-state index contributed by atoms with van der Waals surface area (Å²) in [5.74, 6) is 0. The molecule has 0 fully saturated rings. The van der Waals surface area contributed by atoms with Gasteiger partial charge in [-0.25, -0.2) is 0 Å². The summed E-state index contributed by atoms with van der Waals surface area (Å²) in [6, 6.07) is 0. The molecule has 0 bridgehead atoms. The zero-order valence-electron chi connectivity index (χ0n) is 3.10. The second-order valence-corrected chi connectivity index (χ2v) is 2.43. The first kappa shape index (κ1) is 7.73. The maximum atomic E-state index is 9.60. The maximum Gasteiger partial charge on any atom is 0.319 e. The Kier molecular flexibility index (Phi) is 4.08. The smallest absolute Gasteiger partial charge is 0.319 e. The highest BCUT2D eigenvalue weighted by Crippen LogP contribution is 2.21. The van der Waals surface area contributed by atoms with E-state index in [-0.39, 0.29) is 0 Å². The van der Waals surface area contributed by atoms with Gasteiger partial charge in [-0.3, -0.25) is 9.09 Å². The normalized spacial score (nSPS) is 14.9. The van der Waals surface area contributed by atoms with Gasteiger partial charge in [-0.15, -0.1) is 0 Å². The van der Waals surface area contributed by atoms with Crippen molar-refractivity contribution in [3.05, 3.63) is 0 Å². The third kappa shape index (κ3) is 6.73. The molecule has 6 heteroatoms. The Bertz CT molecular complexity index is 73.3. The molecule has 0 heterocycles. The van der Waals surface area contributed by atoms with Crippen molar-refractivity contribution < 1.29 is 14.0 Å². The van der Waals surface area contributed by atoms with E-state index in [1.807, 2.05) is 0 Å². The minimum Gasteiger partial charge on any atom is -0.326 e. The van der Waals surface area contributed by atoms with Crippen LogP contribution in [-0.2, 0) is 9.09 Å². The number of hydrogen-bond donors (Lipinski definition) is 1. The number of halogens is 2. The molecule has 0 radical (unpaired) electrons. The van der Waals surface area contributed by atoms with Crippen LogP contribution in [0.4, 0.5) is 0 Å². The fourth-order valence-electron chi connectivity index (χ4n) is 0.0762. The standard InChI is InChI=1S/CH3Cl2O3P/c2-1(3)6-7(4)5/h1,7H,(H,4,5). The van der Waals surface area contributed by atoms with Crippen LogP contribution in [0.5, 0.6) is 0 Å². The molecule has 1 atom stereocenters. The molecule has 0 saturated heterocycles. The summed E-state index contributed by atoms with van der Waals surface area (Å²) in [4.78, 5) is 7.88. The Morgan fingerprint density at radius 3 is 2.14 bits per heavy atom. The van der Waals surface area contributed by atoms with Crippen molar-refractivity contribution >= 4 is 31.5 Å². The van der Waals surface area contributed by atoms with Crippen molar-refractivity contribution in [2.45, 2.75) is 5.02 Å². The van der Waals surface area contributed by atoms with Crippen LogP contribution in [-0.4, -0.2) is 9.92 Å². The lowest BCUT2D eigenvalue weighted by Gasteiger charge is -1.94. The van der Waals surface area contributed by atoms with Crippen molar-refractivity contribution in [1.82, 2.24) is 0 Å². The molecule has 0 amide bonds. The number of alkyl halides is 2. The number of rotatable bonds is 2. The average molecular weight is 165 g/mol. The molecule has 0 aromatic carbocycles. The van der Waals surface area contributed by atoms with Gasteiger partial charge in [-0.05, 0) is 0 Å². The SMILES string of the molecule is O=[PH](O)OC(Cl)Cl. The van der Waals surface area contributed by atoms with Crippen LogP contribution < -0.4 is 0 Å². The molecule has 1 N–H and O–H groups in total. The summed E-state index contributed by atoms with van der Waals surface area (Å²) in [5, 5.41) is -1.20. The average Bonchev–Trinajstić information content (AvgIpc) is 1.27. The summed E-state index contributed by atoms with van der Waals surface area (Å²) in [6.45, 7) is 0. The van der Waals surface area contributed by atoms with Gasteiger partial charge in [0.1, 0.15) is 0 Å². The van der Waals surface area contributed by atoms with Crippen molar-refractivity contribution in [3.8, 4) is 0 Å². The van der Waals surface area contributed by atoms with Crippen LogP contribution in [0, 0.1) is 0 Å². The van der Waals surface area contributed by atoms with E-state index in [0.29, 0.717) is 0 Å². The summed E-state index contributed by atoms with van der Waals surface area (Å²) < 4.78 is 13.5. The molecule has 0 aromatic rings. The lowest BCUT2D eigenvalue weighted by molar-refractivity contribution is 0.306. The Morgan fingerprint density at radius 1 is 1.71 bits per heavy atom. The third-order valence-electron chi connectivity index (χ3n) is 0.190. The number of hydrogen-bond acceptors (Lipinski definition) is 2. The molecule has 0 aliphatic heterocycles. The Morgan fingerprint density at radius 2 is 2.14 bits per heavy atom. The van der Waals surface area contributed by atoms with Gasteiger partial charge in [0.25, 0.3) is 0 Å². The van der Waals surface area contributed by atoms with Gasteiger partial charge >= 0.3 is 8.25 Å². The van der Waals surface area contributed by atoms with Crippen molar-refractivity contribution in [2.75, 3.05) is 0 Å². The van der Waals surface area contributed by atoms with E-state index in [2.05, 4.69) is 4.52 Å². The van der Waals surface area contributed by atoms with E-state index in [1.54, 1.807) is 0 Å².